The van der Waals surface area contributed by atoms with E-state index in [0.29, 0.717) is 6.10 Å². The summed E-state index contributed by atoms with van der Waals surface area (Å²) in [4.78, 5) is 0. The lowest BCUT2D eigenvalue weighted by molar-refractivity contribution is -0.149. The number of aliphatic hydroxyl groups is 1. The molecule has 1 aliphatic carbocycles. The van der Waals surface area contributed by atoms with Crippen LogP contribution in [0.5, 0.6) is 0 Å². The van der Waals surface area contributed by atoms with Gasteiger partial charge in [-0.3, -0.25) is 0 Å². The van der Waals surface area contributed by atoms with Crippen LogP contribution >= 0.6 is 0 Å². The van der Waals surface area contributed by atoms with Crippen molar-refractivity contribution in [2.24, 2.45) is 11.8 Å². The molecule has 7 atom stereocenters. The number of hydrogen-bond donors (Lipinski definition) is 1. The molecule has 0 bridgehead atoms. The fraction of sp³-hybridized carbons (Fsp3) is 1.00. The van der Waals surface area contributed by atoms with Crippen LogP contribution in [0.15, 0.2) is 0 Å². The Morgan fingerprint density at radius 3 is 2.26 bits per heavy atom. The second kappa shape index (κ2) is 5.42. The van der Waals surface area contributed by atoms with Gasteiger partial charge in [-0.25, -0.2) is 0 Å². The molecule has 2 aliphatic heterocycles. The summed E-state index contributed by atoms with van der Waals surface area (Å²) in [5, 5.41) is 11.0. The van der Waals surface area contributed by atoms with Crippen molar-refractivity contribution < 1.29 is 19.3 Å². The maximum atomic E-state index is 11.0. The van der Waals surface area contributed by atoms with Gasteiger partial charge in [0.1, 0.15) is 0 Å². The Hall–Kier alpha value is -0.160. The van der Waals surface area contributed by atoms with E-state index in [2.05, 4.69) is 41.5 Å². The van der Waals surface area contributed by atoms with Gasteiger partial charge in [0.2, 0.25) is 0 Å². The fourth-order valence-electron chi connectivity index (χ4n) is 5.00. The summed E-state index contributed by atoms with van der Waals surface area (Å²) in [7, 11) is 0. The number of rotatable bonds is 5. The van der Waals surface area contributed by atoms with E-state index in [0.717, 1.165) is 19.3 Å². The second-order valence-electron chi connectivity index (χ2n) is 9.19. The van der Waals surface area contributed by atoms with Gasteiger partial charge in [-0.1, -0.05) is 6.92 Å². The molecule has 23 heavy (non-hydrogen) atoms. The van der Waals surface area contributed by atoms with Crippen LogP contribution in [0.3, 0.4) is 0 Å². The van der Waals surface area contributed by atoms with Crippen molar-refractivity contribution in [1.82, 2.24) is 0 Å². The molecule has 3 rings (SSSR count). The summed E-state index contributed by atoms with van der Waals surface area (Å²) in [6.45, 7) is 14.8. The van der Waals surface area contributed by atoms with Crippen molar-refractivity contribution in [1.29, 1.82) is 0 Å². The van der Waals surface area contributed by atoms with Gasteiger partial charge in [0.25, 0.3) is 0 Å². The molecule has 0 radical (unpaired) electrons. The van der Waals surface area contributed by atoms with Crippen molar-refractivity contribution in [3.63, 3.8) is 0 Å². The highest BCUT2D eigenvalue weighted by atomic mass is 16.6. The van der Waals surface area contributed by atoms with E-state index in [1.807, 2.05) is 6.92 Å². The summed E-state index contributed by atoms with van der Waals surface area (Å²) in [6.07, 6.45) is 3.52. The highest BCUT2D eigenvalue weighted by Gasteiger charge is 2.67. The van der Waals surface area contributed by atoms with Crippen molar-refractivity contribution in [2.75, 3.05) is 0 Å². The molecule has 1 N–H and O–H groups in total. The Morgan fingerprint density at radius 1 is 1.13 bits per heavy atom. The molecular formula is C19H34O4. The third-order valence-corrected chi connectivity index (χ3v) is 6.35. The molecule has 3 aliphatic rings. The first kappa shape index (κ1) is 17.7. The minimum atomic E-state index is -0.695. The summed E-state index contributed by atoms with van der Waals surface area (Å²) < 4.78 is 18.0. The van der Waals surface area contributed by atoms with Crippen molar-refractivity contribution in [2.45, 2.75) is 109 Å². The molecule has 2 unspecified atom stereocenters. The van der Waals surface area contributed by atoms with Crippen LogP contribution < -0.4 is 0 Å². The van der Waals surface area contributed by atoms with Gasteiger partial charge in [0.05, 0.1) is 41.2 Å². The molecule has 0 spiro atoms. The maximum Gasteiger partial charge on any atom is 0.0980 e. The SMILES string of the molecule is CC(C)O[C@@H]1CC[C@@](C)(O)C(C2(C)O[C@@H]2C[C@@H]2OC2(C)C)[C@@H]1C. The molecular weight excluding hydrogens is 292 g/mol. The monoisotopic (exact) mass is 326 g/mol. The number of hydrogen-bond acceptors (Lipinski definition) is 4. The van der Waals surface area contributed by atoms with Gasteiger partial charge in [-0.15, -0.1) is 0 Å². The molecule has 134 valence electrons. The molecule has 0 aromatic heterocycles. The largest absolute Gasteiger partial charge is 0.390 e. The van der Waals surface area contributed by atoms with E-state index < -0.39 is 5.60 Å². The minimum Gasteiger partial charge on any atom is -0.390 e. The van der Waals surface area contributed by atoms with Gasteiger partial charge < -0.3 is 19.3 Å². The molecule has 2 saturated heterocycles. The molecule has 3 fully saturated rings. The Balaban J connectivity index is 1.70. The number of ether oxygens (including phenoxy) is 3. The van der Waals surface area contributed by atoms with E-state index in [1.54, 1.807) is 0 Å². The zero-order valence-electron chi connectivity index (χ0n) is 15.8. The first-order valence-corrected chi connectivity index (χ1v) is 9.21. The molecule has 4 nitrogen and oxygen atoms in total. The lowest BCUT2D eigenvalue weighted by atomic mass is 9.63. The van der Waals surface area contributed by atoms with E-state index in [-0.39, 0.29) is 41.3 Å². The molecule has 1 saturated carbocycles. The predicted molar refractivity (Wildman–Crippen MR) is 89.4 cm³/mol. The van der Waals surface area contributed by atoms with E-state index >= 15 is 0 Å². The second-order valence-corrected chi connectivity index (χ2v) is 9.19. The van der Waals surface area contributed by atoms with Crippen LogP contribution in [-0.4, -0.2) is 46.3 Å². The zero-order valence-corrected chi connectivity index (χ0v) is 15.8. The molecule has 0 aromatic carbocycles. The molecule has 0 amide bonds. The Morgan fingerprint density at radius 2 is 1.74 bits per heavy atom. The van der Waals surface area contributed by atoms with Gasteiger partial charge >= 0.3 is 0 Å². The molecule has 4 heteroatoms. The Labute approximate surface area is 140 Å². The van der Waals surface area contributed by atoms with Crippen LogP contribution in [0.2, 0.25) is 0 Å². The number of epoxide rings is 2. The van der Waals surface area contributed by atoms with Crippen molar-refractivity contribution >= 4 is 0 Å². The van der Waals surface area contributed by atoms with E-state index in [9.17, 15) is 5.11 Å². The molecule has 2 heterocycles. The van der Waals surface area contributed by atoms with Gasteiger partial charge in [-0.2, -0.15) is 0 Å². The van der Waals surface area contributed by atoms with Crippen molar-refractivity contribution in [3.05, 3.63) is 0 Å². The fourth-order valence-corrected chi connectivity index (χ4v) is 5.00. The topological polar surface area (TPSA) is 54.5 Å². The summed E-state index contributed by atoms with van der Waals surface area (Å²) >= 11 is 0. The van der Waals surface area contributed by atoms with Crippen LogP contribution in [-0.2, 0) is 14.2 Å². The quantitative estimate of drug-likeness (QED) is 0.788. The zero-order chi connectivity index (χ0) is 17.2. The summed E-state index contributed by atoms with van der Waals surface area (Å²) in [5.74, 6) is 0.378. The normalized spacial score (nSPS) is 51.8. The van der Waals surface area contributed by atoms with Crippen LogP contribution in [0.4, 0.5) is 0 Å². The van der Waals surface area contributed by atoms with Crippen LogP contribution in [0.25, 0.3) is 0 Å². The predicted octanol–water partition coefficient (Wildman–Crippen LogP) is 3.30. The first-order valence-electron chi connectivity index (χ1n) is 9.21. The lowest BCUT2D eigenvalue weighted by Crippen LogP contribution is -2.54. The minimum absolute atomic E-state index is 0.00313. The third kappa shape index (κ3) is 3.20. The smallest absolute Gasteiger partial charge is 0.0980 e. The first-order chi connectivity index (χ1) is 10.5. The third-order valence-electron chi connectivity index (χ3n) is 6.35. The average molecular weight is 326 g/mol. The Bertz CT molecular complexity index is 458. The highest BCUT2D eigenvalue weighted by molar-refractivity contribution is 5.15. The Kier molecular flexibility index (Phi) is 4.16. The van der Waals surface area contributed by atoms with Gasteiger partial charge in [0.15, 0.2) is 0 Å². The molecule has 0 aromatic rings. The average Bonchev–Trinajstić information content (AvgIpc) is 3.20. The van der Waals surface area contributed by atoms with Gasteiger partial charge in [0, 0.05) is 12.3 Å². The highest BCUT2D eigenvalue weighted by Crippen LogP contribution is 2.57. The summed E-state index contributed by atoms with van der Waals surface area (Å²) in [5.41, 5.74) is -0.958. The maximum absolute atomic E-state index is 11.0. The summed E-state index contributed by atoms with van der Waals surface area (Å²) in [6, 6.07) is 0. The van der Waals surface area contributed by atoms with Crippen molar-refractivity contribution in [3.8, 4) is 0 Å². The van der Waals surface area contributed by atoms with Gasteiger partial charge in [-0.05, 0) is 60.3 Å². The standard InChI is InChI=1S/C19H34O4/c1-11(2)21-13-8-9-18(6,20)16(12(13)3)19(7)15(23-19)10-14-17(4,5)22-14/h11-16,20H,8-10H2,1-7H3/t12-,13-,14+,15-,16?,18-,19?/m1/s1. The van der Waals surface area contributed by atoms with Crippen LogP contribution in [0.1, 0.15) is 67.7 Å². The van der Waals surface area contributed by atoms with E-state index in [1.165, 1.54) is 0 Å². The van der Waals surface area contributed by atoms with E-state index in [4.69, 9.17) is 14.2 Å². The lowest BCUT2D eigenvalue weighted by Gasteiger charge is -2.48. The van der Waals surface area contributed by atoms with Crippen LogP contribution in [0, 0.1) is 11.8 Å².